The highest BCUT2D eigenvalue weighted by molar-refractivity contribution is 7.90. The number of ether oxygens (including phenoxy) is 2. The molecule has 10 heteroatoms. The van der Waals surface area contributed by atoms with Gasteiger partial charge < -0.3 is 15.2 Å². The number of nitrogens with one attached hydrogen (secondary N) is 1. The van der Waals surface area contributed by atoms with Gasteiger partial charge >= 0.3 is 0 Å². The van der Waals surface area contributed by atoms with Crippen molar-refractivity contribution in [2.45, 2.75) is 38.0 Å². The average Bonchev–Trinajstić information content (AvgIpc) is 3.34. The molecule has 222 valence electrons. The number of fused-ring (bicyclic) bond motifs is 2. The van der Waals surface area contributed by atoms with Crippen LogP contribution in [0.4, 0.5) is 5.69 Å². The molecule has 0 bridgehead atoms. The van der Waals surface area contributed by atoms with Crippen LogP contribution in [0.25, 0.3) is 31.6 Å². The molecule has 0 aliphatic carbocycles. The van der Waals surface area contributed by atoms with Crippen molar-refractivity contribution in [2.24, 2.45) is 5.92 Å². The van der Waals surface area contributed by atoms with E-state index in [0.29, 0.717) is 34.9 Å². The normalized spacial score (nSPS) is 14.3. The lowest BCUT2D eigenvalue weighted by atomic mass is 9.97. The van der Waals surface area contributed by atoms with Gasteiger partial charge in [-0.2, -0.15) is 0 Å². The number of rotatable bonds is 8. The fourth-order valence-corrected chi connectivity index (χ4v) is 7.76. The van der Waals surface area contributed by atoms with Gasteiger partial charge in [-0.1, -0.05) is 30.3 Å². The first kappa shape index (κ1) is 29.1. The molecule has 3 aromatic carbocycles. The summed E-state index contributed by atoms with van der Waals surface area (Å²) < 4.78 is 41.7. The number of benzene rings is 3. The molecule has 2 aromatic heterocycles. The molecule has 1 amide bonds. The zero-order valence-electron chi connectivity index (χ0n) is 24.1. The van der Waals surface area contributed by atoms with Crippen molar-refractivity contribution in [3.8, 4) is 16.3 Å². The van der Waals surface area contributed by atoms with Crippen LogP contribution in [0.15, 0.2) is 71.6 Å². The Morgan fingerprint density at radius 1 is 1.07 bits per heavy atom. The molecular weight excluding hydrogens is 583 g/mol. The monoisotopic (exact) mass is 615 g/mol. The summed E-state index contributed by atoms with van der Waals surface area (Å²) in [5.74, 6) is 0.235. The van der Waals surface area contributed by atoms with Gasteiger partial charge in [-0.3, -0.25) is 4.79 Å². The van der Waals surface area contributed by atoms with Gasteiger partial charge in [0.2, 0.25) is 0 Å². The van der Waals surface area contributed by atoms with E-state index in [-0.39, 0.29) is 16.1 Å². The summed E-state index contributed by atoms with van der Waals surface area (Å²) in [7, 11) is -4.21. The maximum Gasteiger partial charge on any atom is 0.265 e. The third-order valence-electron chi connectivity index (χ3n) is 7.97. The van der Waals surface area contributed by atoms with E-state index in [1.54, 1.807) is 23.5 Å². The minimum atomic E-state index is -4.21. The van der Waals surface area contributed by atoms with Crippen LogP contribution in [-0.2, 0) is 14.8 Å². The number of nitrogens with zero attached hydrogens (tertiary/aromatic N) is 1. The Hall–Kier alpha value is -3.99. The molecule has 1 aliphatic rings. The molecule has 0 saturated carbocycles. The lowest BCUT2D eigenvalue weighted by Crippen LogP contribution is -2.31. The number of anilines is 1. The number of hydrogen-bond donors (Lipinski definition) is 2. The summed E-state index contributed by atoms with van der Waals surface area (Å²) >= 11 is 1.59. The Balaban J connectivity index is 1.46. The summed E-state index contributed by atoms with van der Waals surface area (Å²) in [4.78, 5) is 19.8. The Morgan fingerprint density at radius 2 is 1.86 bits per heavy atom. The van der Waals surface area contributed by atoms with Gasteiger partial charge in [0.25, 0.3) is 15.9 Å². The lowest BCUT2D eigenvalue weighted by molar-refractivity contribution is 0.0594. The lowest BCUT2D eigenvalue weighted by Gasteiger charge is -2.22. The first-order valence-electron chi connectivity index (χ1n) is 14.3. The number of carbonyl (C=O) groups is 1. The van der Waals surface area contributed by atoms with E-state index >= 15 is 0 Å². The molecule has 3 N–H and O–H groups in total. The number of thiophene rings is 1. The van der Waals surface area contributed by atoms with Crippen LogP contribution in [0.5, 0.6) is 5.75 Å². The molecule has 0 atom stereocenters. The van der Waals surface area contributed by atoms with Crippen molar-refractivity contribution in [2.75, 3.05) is 25.6 Å². The van der Waals surface area contributed by atoms with E-state index in [1.165, 1.54) is 18.2 Å². The van der Waals surface area contributed by atoms with Gasteiger partial charge in [-0.05, 0) is 91.9 Å². The summed E-state index contributed by atoms with van der Waals surface area (Å²) in [6.07, 6.45) is 2.84. The predicted octanol–water partition coefficient (Wildman–Crippen LogP) is 6.63. The van der Waals surface area contributed by atoms with E-state index < -0.39 is 15.9 Å². The number of nitrogens with two attached hydrogens (primary N) is 1. The average molecular weight is 616 g/mol. The standard InChI is InChI=1S/C33H33N3O5S2/c1-20-10-11-28(41-17-14-22-12-15-40-16-13-22)30-26(33(37)36-43(38,39)24-7-5-6-23(34)18-24)19-27(35-31(20)30)32-21(2)25-8-3-4-9-29(25)42-32/h3-11,18-19,22H,12-17,34H2,1-2H3,(H,36,37). The molecule has 0 spiro atoms. The van der Waals surface area contributed by atoms with E-state index in [9.17, 15) is 13.2 Å². The van der Waals surface area contributed by atoms with Crippen molar-refractivity contribution in [1.29, 1.82) is 0 Å². The highest BCUT2D eigenvalue weighted by Gasteiger charge is 2.25. The van der Waals surface area contributed by atoms with Gasteiger partial charge in [-0.15, -0.1) is 11.3 Å². The Kier molecular flexibility index (Phi) is 8.09. The van der Waals surface area contributed by atoms with Gasteiger partial charge in [0.15, 0.2) is 0 Å². The SMILES string of the molecule is Cc1c(-c2cc(C(=O)NS(=O)(=O)c3cccc(N)c3)c3c(OCCC4CCOCC4)ccc(C)c3n2)sc2ccccc12. The number of aromatic nitrogens is 1. The molecule has 43 heavy (non-hydrogen) atoms. The number of pyridine rings is 1. The van der Waals surface area contributed by atoms with Crippen molar-refractivity contribution < 1.29 is 22.7 Å². The quantitative estimate of drug-likeness (QED) is 0.188. The largest absolute Gasteiger partial charge is 0.493 e. The predicted molar refractivity (Wildman–Crippen MR) is 171 cm³/mol. The molecule has 1 aliphatic heterocycles. The summed E-state index contributed by atoms with van der Waals surface area (Å²) in [6, 6.07) is 19.4. The fraction of sp³-hybridized carbons (Fsp3) is 0.273. The number of aryl methyl sites for hydroxylation is 2. The zero-order chi connectivity index (χ0) is 30.1. The number of sulfonamides is 1. The number of nitrogen functional groups attached to an aromatic ring is 1. The Labute approximate surface area is 254 Å². The molecule has 5 aromatic rings. The van der Waals surface area contributed by atoms with Crippen LogP contribution < -0.4 is 15.2 Å². The number of carbonyl (C=O) groups excluding carboxylic acids is 1. The van der Waals surface area contributed by atoms with Crippen LogP contribution >= 0.6 is 11.3 Å². The fourth-order valence-electron chi connectivity index (χ4n) is 5.57. The Bertz CT molecular complexity index is 1950. The van der Waals surface area contributed by atoms with Crippen LogP contribution in [0, 0.1) is 19.8 Å². The first-order chi connectivity index (χ1) is 20.7. The van der Waals surface area contributed by atoms with Crippen LogP contribution in [0.2, 0.25) is 0 Å². The minimum absolute atomic E-state index is 0.0936. The van der Waals surface area contributed by atoms with Crippen LogP contribution in [0.1, 0.15) is 40.7 Å². The second-order valence-electron chi connectivity index (χ2n) is 10.9. The third kappa shape index (κ3) is 5.95. The van der Waals surface area contributed by atoms with Crippen molar-refractivity contribution in [3.63, 3.8) is 0 Å². The third-order valence-corrected chi connectivity index (χ3v) is 10.6. The molecule has 1 fully saturated rings. The van der Waals surface area contributed by atoms with Gasteiger partial charge in [-0.25, -0.2) is 18.1 Å². The maximum atomic E-state index is 13.9. The van der Waals surface area contributed by atoms with E-state index in [0.717, 1.165) is 58.6 Å². The Morgan fingerprint density at radius 3 is 2.63 bits per heavy atom. The second kappa shape index (κ2) is 11.9. The zero-order valence-corrected chi connectivity index (χ0v) is 25.7. The molecular formula is C33H33N3O5S2. The van der Waals surface area contributed by atoms with Crippen LogP contribution in [0.3, 0.4) is 0 Å². The van der Waals surface area contributed by atoms with Gasteiger partial charge in [0.05, 0.1) is 38.5 Å². The van der Waals surface area contributed by atoms with E-state index in [1.807, 2.05) is 38.1 Å². The summed E-state index contributed by atoms with van der Waals surface area (Å²) in [5.41, 5.74) is 9.37. The topological polar surface area (TPSA) is 121 Å². The first-order valence-corrected chi connectivity index (χ1v) is 16.6. The van der Waals surface area contributed by atoms with Crippen molar-refractivity contribution >= 4 is 53.9 Å². The maximum absolute atomic E-state index is 13.9. The number of hydrogen-bond acceptors (Lipinski definition) is 8. The molecule has 8 nitrogen and oxygen atoms in total. The molecule has 0 radical (unpaired) electrons. The molecule has 0 unspecified atom stereocenters. The smallest absolute Gasteiger partial charge is 0.265 e. The molecule has 3 heterocycles. The van der Waals surface area contributed by atoms with Crippen molar-refractivity contribution in [1.82, 2.24) is 9.71 Å². The van der Waals surface area contributed by atoms with E-state index in [4.69, 9.17) is 20.2 Å². The summed E-state index contributed by atoms with van der Waals surface area (Å²) in [5, 5.41) is 1.59. The van der Waals surface area contributed by atoms with Gasteiger partial charge in [0.1, 0.15) is 5.75 Å². The minimum Gasteiger partial charge on any atom is -0.493 e. The highest BCUT2D eigenvalue weighted by atomic mass is 32.2. The van der Waals surface area contributed by atoms with Gasteiger partial charge in [0, 0.05) is 23.6 Å². The highest BCUT2D eigenvalue weighted by Crippen LogP contribution is 2.40. The van der Waals surface area contributed by atoms with Crippen LogP contribution in [-0.4, -0.2) is 39.1 Å². The number of amides is 1. The molecule has 6 rings (SSSR count). The molecule has 1 saturated heterocycles. The summed E-state index contributed by atoms with van der Waals surface area (Å²) in [6.45, 7) is 5.94. The van der Waals surface area contributed by atoms with Crippen molar-refractivity contribution in [3.05, 3.63) is 83.4 Å². The van der Waals surface area contributed by atoms with E-state index in [2.05, 4.69) is 16.9 Å². The second-order valence-corrected chi connectivity index (χ2v) is 13.6.